The number of rotatable bonds is 18. The lowest BCUT2D eigenvalue weighted by atomic mass is 9.79. The summed E-state index contributed by atoms with van der Waals surface area (Å²) >= 11 is 0. The molecule has 2 aliphatic rings. The van der Waals surface area contributed by atoms with Crippen LogP contribution in [0.15, 0.2) is 101 Å². The molecule has 0 amide bonds. The first-order valence-electron chi connectivity index (χ1n) is 18.6. The molecule has 298 valence electrons. The van der Waals surface area contributed by atoms with Gasteiger partial charge in [0.2, 0.25) is 0 Å². The molecule has 0 saturated carbocycles. The predicted octanol–water partition coefficient (Wildman–Crippen LogP) is 5.74. The van der Waals surface area contributed by atoms with Crippen molar-refractivity contribution in [2.75, 3.05) is 41.1 Å². The molecule has 1 unspecified atom stereocenters. The minimum Gasteiger partial charge on any atom is -0.497 e. The highest BCUT2D eigenvalue weighted by Crippen LogP contribution is 2.56. The molecule has 14 nitrogen and oxygen atoms in total. The summed E-state index contributed by atoms with van der Waals surface area (Å²) in [4.78, 5) is 33.9. The number of hydrogen-bond acceptors (Lipinski definition) is 12. The van der Waals surface area contributed by atoms with E-state index < -0.39 is 49.4 Å². The second-order valence-electron chi connectivity index (χ2n) is 14.2. The van der Waals surface area contributed by atoms with Gasteiger partial charge in [0.15, 0.2) is 6.23 Å². The van der Waals surface area contributed by atoms with Crippen molar-refractivity contribution in [2.24, 2.45) is 0 Å². The number of nitrogens with one attached hydrogen (secondary N) is 1. The third-order valence-electron chi connectivity index (χ3n) is 10.2. The summed E-state index contributed by atoms with van der Waals surface area (Å²) in [5.74, 6) is 1.37. The molecule has 4 aromatic rings. The fourth-order valence-electron chi connectivity index (χ4n) is 7.68. The van der Waals surface area contributed by atoms with Crippen molar-refractivity contribution in [3.05, 3.63) is 129 Å². The van der Waals surface area contributed by atoms with Gasteiger partial charge in [0.05, 0.1) is 53.6 Å². The molecule has 1 N–H and O–H groups in total. The molecule has 2 bridgehead atoms. The molecule has 3 aromatic carbocycles. The minimum atomic E-state index is -1.79. The fourth-order valence-corrected chi connectivity index (χ4v) is 9.50. The van der Waals surface area contributed by atoms with Gasteiger partial charge in [-0.3, -0.25) is 14.3 Å². The summed E-state index contributed by atoms with van der Waals surface area (Å²) in [5.41, 5.74) is -1.16. The number of aromatic amines is 1. The van der Waals surface area contributed by atoms with Crippen LogP contribution in [0.25, 0.3) is 0 Å². The number of morpholine rings is 1. The third-order valence-corrected chi connectivity index (χ3v) is 12.3. The van der Waals surface area contributed by atoms with E-state index in [9.17, 15) is 14.9 Å². The van der Waals surface area contributed by atoms with E-state index >= 15 is 0 Å². The van der Waals surface area contributed by atoms with E-state index in [4.69, 9.17) is 32.8 Å². The van der Waals surface area contributed by atoms with Crippen LogP contribution in [-0.2, 0) is 29.0 Å². The van der Waals surface area contributed by atoms with E-state index in [2.05, 4.69) is 43.4 Å². The second-order valence-corrected chi connectivity index (χ2v) is 15.6. The maximum absolute atomic E-state index is 13.4. The fraction of sp³-hybridized carbons (Fsp3) is 0.439. The standard InChI is InChI=1S/C41H50N5O9P/c1-28(2)46(29(3)4)56(53-25-11-23-42)55-37-36-38(44-24-22-35(47)43-39(44)48)54-40(37,26-45(36)51-7)27-52-41(30-12-9-8-10-13-30,31-14-18-33(49-5)19-15-31)32-16-20-34(50-6)21-17-32/h8-10,12-22,24,28-29,36-38H,11,25-27H2,1-7H3,(H,43,47,48)/t36-,37+,38-,40-,56?/m1/s1. The van der Waals surface area contributed by atoms with Gasteiger partial charge < -0.3 is 32.8 Å². The maximum atomic E-state index is 13.4. The van der Waals surface area contributed by atoms with E-state index in [-0.39, 0.29) is 38.3 Å². The van der Waals surface area contributed by atoms with Gasteiger partial charge in [-0.05, 0) is 68.7 Å². The zero-order valence-electron chi connectivity index (χ0n) is 32.8. The molecule has 2 fully saturated rings. The van der Waals surface area contributed by atoms with Crippen LogP contribution in [0.1, 0.15) is 57.0 Å². The largest absolute Gasteiger partial charge is 0.497 e. The van der Waals surface area contributed by atoms with Crippen molar-refractivity contribution in [1.29, 1.82) is 5.26 Å². The molecular formula is C41H50N5O9P. The summed E-state index contributed by atoms with van der Waals surface area (Å²) in [6.07, 6.45) is -0.166. The number of ether oxygens (including phenoxy) is 4. The molecular weight excluding hydrogens is 737 g/mol. The summed E-state index contributed by atoms with van der Waals surface area (Å²) in [6, 6.07) is 28.2. The van der Waals surface area contributed by atoms with Crippen LogP contribution in [0.5, 0.6) is 11.5 Å². The highest BCUT2D eigenvalue weighted by molar-refractivity contribution is 7.44. The predicted molar refractivity (Wildman–Crippen MR) is 210 cm³/mol. The normalized spacial score (nSPS) is 21.5. The number of nitrogens with zero attached hydrogens (tertiary/aromatic N) is 4. The van der Waals surface area contributed by atoms with Crippen LogP contribution in [0.2, 0.25) is 0 Å². The Kier molecular flexibility index (Phi) is 13.1. The maximum Gasteiger partial charge on any atom is 0.330 e. The molecule has 3 heterocycles. The Bertz CT molecular complexity index is 2000. The number of benzene rings is 3. The Morgan fingerprint density at radius 2 is 1.50 bits per heavy atom. The average molecular weight is 788 g/mol. The molecule has 5 atom stereocenters. The summed E-state index contributed by atoms with van der Waals surface area (Å²) in [5, 5.41) is 11.1. The second kappa shape index (κ2) is 17.8. The molecule has 1 aromatic heterocycles. The number of aromatic nitrogens is 2. The zero-order chi connectivity index (χ0) is 40.0. The van der Waals surface area contributed by atoms with E-state index in [1.807, 2.05) is 78.9 Å². The Morgan fingerprint density at radius 1 is 0.911 bits per heavy atom. The first-order chi connectivity index (χ1) is 27.0. The summed E-state index contributed by atoms with van der Waals surface area (Å²) in [6.45, 7) is 8.55. The van der Waals surface area contributed by atoms with Gasteiger partial charge in [-0.1, -0.05) is 54.6 Å². The van der Waals surface area contributed by atoms with Gasteiger partial charge >= 0.3 is 5.69 Å². The molecule has 56 heavy (non-hydrogen) atoms. The third kappa shape index (κ3) is 8.05. The molecule has 2 saturated heterocycles. The molecule has 0 spiro atoms. The van der Waals surface area contributed by atoms with Crippen molar-refractivity contribution in [1.82, 2.24) is 19.3 Å². The van der Waals surface area contributed by atoms with Crippen LogP contribution in [0.4, 0.5) is 0 Å². The topological polar surface area (TPSA) is 150 Å². The van der Waals surface area contributed by atoms with Crippen molar-refractivity contribution < 1.29 is 32.8 Å². The van der Waals surface area contributed by atoms with Gasteiger partial charge in [0.25, 0.3) is 14.1 Å². The number of fused-ring (bicyclic) bond motifs is 2. The van der Waals surface area contributed by atoms with Gasteiger partial charge in [-0.25, -0.2) is 9.46 Å². The van der Waals surface area contributed by atoms with E-state index in [0.717, 1.165) is 16.7 Å². The Morgan fingerprint density at radius 3 is 2.02 bits per heavy atom. The first-order valence-corrected chi connectivity index (χ1v) is 19.7. The molecule has 15 heteroatoms. The lowest BCUT2D eigenvalue weighted by molar-refractivity contribution is -0.247. The number of methoxy groups -OCH3 is 2. The lowest BCUT2D eigenvalue weighted by Gasteiger charge is -2.42. The number of nitriles is 1. The van der Waals surface area contributed by atoms with Crippen molar-refractivity contribution >= 4 is 8.53 Å². The van der Waals surface area contributed by atoms with Gasteiger partial charge in [-0.2, -0.15) is 10.3 Å². The average Bonchev–Trinajstić information content (AvgIpc) is 3.67. The molecule has 0 aliphatic carbocycles. The number of hydroxylamine groups is 2. The van der Waals surface area contributed by atoms with Crippen LogP contribution < -0.4 is 20.7 Å². The van der Waals surface area contributed by atoms with Crippen molar-refractivity contribution in [2.45, 2.75) is 75.8 Å². The minimum absolute atomic E-state index is 0.0161. The van der Waals surface area contributed by atoms with Crippen LogP contribution in [0.3, 0.4) is 0 Å². The molecule has 2 aliphatic heterocycles. The SMILES string of the molecule is COc1ccc(C(OC[C@@]23CN(OC)[C@@H]([C@H](n4ccc(=O)[nH]c4=O)O2)[C@@H]3OP(OCCC#N)N(C(C)C)C(C)C)(c2ccccc2)c2ccc(OC)cc2)cc1. The van der Waals surface area contributed by atoms with Crippen LogP contribution in [0, 0.1) is 11.3 Å². The smallest absolute Gasteiger partial charge is 0.330 e. The van der Waals surface area contributed by atoms with E-state index in [0.29, 0.717) is 11.5 Å². The monoisotopic (exact) mass is 787 g/mol. The Hall–Kier alpha value is -4.42. The van der Waals surface area contributed by atoms with Crippen molar-refractivity contribution in [3.8, 4) is 17.6 Å². The van der Waals surface area contributed by atoms with Gasteiger partial charge in [0, 0.05) is 24.3 Å². The summed E-state index contributed by atoms with van der Waals surface area (Å²) < 4.78 is 42.5. The number of hydrogen-bond donors (Lipinski definition) is 1. The van der Waals surface area contributed by atoms with Gasteiger partial charge in [0.1, 0.15) is 34.8 Å². The van der Waals surface area contributed by atoms with Crippen LogP contribution in [-0.4, -0.2) is 90.2 Å². The van der Waals surface area contributed by atoms with Gasteiger partial charge in [-0.15, -0.1) is 0 Å². The number of H-pyrrole nitrogens is 1. The Labute approximate surface area is 328 Å². The molecule has 6 rings (SSSR count). The quantitative estimate of drug-likeness (QED) is 0.0745. The zero-order valence-corrected chi connectivity index (χ0v) is 33.7. The van der Waals surface area contributed by atoms with Crippen LogP contribution >= 0.6 is 8.53 Å². The first kappa shape index (κ1) is 41.2. The van der Waals surface area contributed by atoms with Crippen molar-refractivity contribution in [3.63, 3.8) is 0 Å². The molecule has 0 radical (unpaired) electrons. The highest BCUT2D eigenvalue weighted by atomic mass is 31.2. The van der Waals surface area contributed by atoms with E-state index in [1.54, 1.807) is 26.4 Å². The lowest BCUT2D eigenvalue weighted by Crippen LogP contribution is -2.51. The van der Waals surface area contributed by atoms with E-state index in [1.165, 1.54) is 16.8 Å². The Balaban J connectivity index is 1.52. The highest BCUT2D eigenvalue weighted by Gasteiger charge is 2.67. The summed E-state index contributed by atoms with van der Waals surface area (Å²) in [7, 11) is 3.02.